The molecule has 19 heteroatoms. The monoisotopic (exact) mass is 784 g/mol. The Morgan fingerprint density at radius 1 is 0.768 bits per heavy atom. The molecule has 2 aliphatic carbocycles. The van der Waals surface area contributed by atoms with Crippen molar-refractivity contribution in [1.29, 1.82) is 0 Å². The van der Waals surface area contributed by atoms with Crippen LogP contribution in [0.4, 0.5) is 4.79 Å². The van der Waals surface area contributed by atoms with Gasteiger partial charge in [0.2, 0.25) is 11.8 Å². The fourth-order valence-corrected chi connectivity index (χ4v) is 8.09. The van der Waals surface area contributed by atoms with E-state index in [1.54, 1.807) is 29.4 Å². The van der Waals surface area contributed by atoms with Crippen molar-refractivity contribution in [3.8, 4) is 0 Å². The summed E-state index contributed by atoms with van der Waals surface area (Å²) in [6.07, 6.45) is 5.94. The van der Waals surface area contributed by atoms with Gasteiger partial charge in [-0.1, -0.05) is 10.3 Å². The molecule has 8 heterocycles. The minimum Gasteiger partial charge on any atom is -0.444 e. The van der Waals surface area contributed by atoms with Crippen LogP contribution in [0.2, 0.25) is 0 Å². The minimum absolute atomic E-state index is 0. The quantitative estimate of drug-likeness (QED) is 0.257. The third kappa shape index (κ3) is 6.91. The second kappa shape index (κ2) is 14.1. The van der Waals surface area contributed by atoms with Crippen LogP contribution in [-0.4, -0.2) is 92.1 Å². The first-order valence-electron chi connectivity index (χ1n) is 18.4. The number of aromatic nitrogens is 10. The molecule has 2 saturated carbocycles. The zero-order valence-electron chi connectivity index (χ0n) is 31.4. The predicted molar refractivity (Wildman–Crippen MR) is 201 cm³/mol. The molecule has 2 aliphatic heterocycles. The van der Waals surface area contributed by atoms with E-state index in [1.807, 2.05) is 34.6 Å². The molecule has 10 rings (SSSR count). The van der Waals surface area contributed by atoms with Gasteiger partial charge in [-0.15, -0.1) is 12.4 Å². The molecule has 4 fully saturated rings. The maximum Gasteiger partial charge on any atom is 0.410 e. The van der Waals surface area contributed by atoms with Crippen molar-refractivity contribution in [2.75, 3.05) is 26.2 Å². The highest BCUT2D eigenvalue weighted by Gasteiger charge is 2.60. The molecule has 1 N–H and O–H groups in total. The van der Waals surface area contributed by atoms with Crippen molar-refractivity contribution >= 4 is 40.6 Å². The number of rotatable bonds is 6. The van der Waals surface area contributed by atoms with E-state index in [-0.39, 0.29) is 48.6 Å². The summed E-state index contributed by atoms with van der Waals surface area (Å²) in [5, 5.41) is 12.6. The second-order valence-electron chi connectivity index (χ2n) is 15.9. The van der Waals surface area contributed by atoms with Gasteiger partial charge < -0.3 is 24.0 Å². The molecule has 1 amide bonds. The zero-order valence-corrected chi connectivity index (χ0v) is 32.3. The molecule has 6 atom stereocenters. The summed E-state index contributed by atoms with van der Waals surface area (Å²) in [6.45, 7) is 13.0. The molecule has 2 unspecified atom stereocenters. The standard InChI is InChI=1S/C21H24N6O4.C16H16N6O2.ClH/c1-11-5-6-22-17-15(11)19(28)27(10-23-17)9-14-24-18(25-31-14)16-12-7-26(8-13(12)16)20(29)30-21(2,3)4;1-8-2-3-18-14-12(8)16(23)22(7-19-14)6-11-20-15(21-24-11)13-9-4-17-5-10(9)13;/h5-6,10,12-13,16H,7-9H2,1-4H3;2-3,7,9-10,13,17H,4-6H2,1H3;1H/t12-,13+,16?;9-,10+,13?;. The van der Waals surface area contributed by atoms with E-state index in [4.69, 9.17) is 13.8 Å². The van der Waals surface area contributed by atoms with Crippen molar-refractivity contribution in [1.82, 2.24) is 59.6 Å². The van der Waals surface area contributed by atoms with Gasteiger partial charge in [-0.05, 0) is 94.6 Å². The molecule has 6 aromatic heterocycles. The molecule has 0 spiro atoms. The number of nitrogens with one attached hydrogen (secondary N) is 1. The summed E-state index contributed by atoms with van der Waals surface area (Å²) in [5.41, 5.74) is 1.73. The molecule has 292 valence electrons. The SMILES string of the molecule is Cc1ccnc2ncn(Cc3nc(C4[C@H]5CN(C(=O)OC(C)(C)C)C[C@@H]45)no3)c(=O)c12.Cc1ccnc2ncn(Cc3nc(C4[C@H]5CNC[C@@H]45)no3)c(=O)c12.Cl. The van der Waals surface area contributed by atoms with Crippen LogP contribution >= 0.6 is 12.4 Å². The lowest BCUT2D eigenvalue weighted by Gasteiger charge is -2.25. The van der Waals surface area contributed by atoms with Gasteiger partial charge >= 0.3 is 6.09 Å². The fourth-order valence-electron chi connectivity index (χ4n) is 8.09. The number of likely N-dealkylation sites (tertiary alicyclic amines) is 1. The summed E-state index contributed by atoms with van der Waals surface area (Å²) in [4.78, 5) is 65.2. The van der Waals surface area contributed by atoms with Gasteiger partial charge in [-0.2, -0.15) is 9.97 Å². The topological polar surface area (TPSA) is 215 Å². The van der Waals surface area contributed by atoms with Gasteiger partial charge in [0.25, 0.3) is 11.1 Å². The van der Waals surface area contributed by atoms with Crippen LogP contribution in [0.1, 0.15) is 67.2 Å². The van der Waals surface area contributed by atoms with Crippen LogP contribution < -0.4 is 16.4 Å². The van der Waals surface area contributed by atoms with E-state index < -0.39 is 5.60 Å². The van der Waals surface area contributed by atoms with Gasteiger partial charge in [0.05, 0.1) is 10.8 Å². The predicted octanol–water partition coefficient (Wildman–Crippen LogP) is 3.00. The van der Waals surface area contributed by atoms with Crippen LogP contribution in [-0.2, 0) is 17.8 Å². The summed E-state index contributed by atoms with van der Waals surface area (Å²) in [5.74, 6) is 4.67. The van der Waals surface area contributed by atoms with E-state index >= 15 is 0 Å². The Morgan fingerprint density at radius 2 is 1.23 bits per heavy atom. The average molecular weight is 785 g/mol. The highest BCUT2D eigenvalue weighted by Crippen LogP contribution is 2.57. The number of ether oxygens (including phenoxy) is 1. The van der Waals surface area contributed by atoms with Gasteiger partial charge in [0.1, 0.15) is 31.3 Å². The Hall–Kier alpha value is -5.62. The summed E-state index contributed by atoms with van der Waals surface area (Å²) in [7, 11) is 0. The third-order valence-electron chi connectivity index (χ3n) is 11.0. The number of aryl methyl sites for hydroxylation is 2. The Bertz CT molecular complexity index is 2560. The van der Waals surface area contributed by atoms with E-state index in [1.165, 1.54) is 21.8 Å². The molecule has 2 saturated heterocycles. The second-order valence-corrected chi connectivity index (χ2v) is 15.9. The van der Waals surface area contributed by atoms with Crippen LogP contribution in [0.5, 0.6) is 0 Å². The van der Waals surface area contributed by atoms with Gasteiger partial charge in [0.15, 0.2) is 22.9 Å². The number of hydrogen-bond acceptors (Lipinski definition) is 15. The molecule has 6 aromatic rings. The van der Waals surface area contributed by atoms with Gasteiger partial charge in [0, 0.05) is 37.3 Å². The number of halogens is 1. The zero-order chi connectivity index (χ0) is 38.2. The number of pyridine rings is 2. The molecule has 4 aliphatic rings. The number of piperidine rings is 2. The molecule has 56 heavy (non-hydrogen) atoms. The Morgan fingerprint density at radius 3 is 1.70 bits per heavy atom. The molecular weight excluding hydrogens is 744 g/mol. The fraction of sp³-hybridized carbons (Fsp3) is 0.486. The Balaban J connectivity index is 0.000000159. The average Bonchev–Trinajstić information content (AvgIpc) is 3.59. The summed E-state index contributed by atoms with van der Waals surface area (Å²) >= 11 is 0. The molecular formula is C37H41ClN12O6. The highest BCUT2D eigenvalue weighted by molar-refractivity contribution is 5.85. The number of hydrogen-bond donors (Lipinski definition) is 1. The minimum atomic E-state index is -0.504. The molecule has 0 aromatic carbocycles. The molecule has 0 radical (unpaired) electrons. The van der Waals surface area contributed by atoms with Crippen LogP contribution in [0.25, 0.3) is 22.1 Å². The van der Waals surface area contributed by atoms with E-state index in [0.717, 1.165) is 30.0 Å². The lowest BCUT2D eigenvalue weighted by atomic mass is 10.2. The number of nitrogens with zero attached hydrogens (tertiary/aromatic N) is 11. The van der Waals surface area contributed by atoms with Crippen LogP contribution in [0.15, 0.2) is 55.8 Å². The summed E-state index contributed by atoms with van der Waals surface area (Å²) < 4.78 is 19.1. The van der Waals surface area contributed by atoms with E-state index in [9.17, 15) is 14.4 Å². The van der Waals surface area contributed by atoms with Crippen molar-refractivity contribution in [3.05, 3.63) is 92.4 Å². The Kier molecular flexibility index (Phi) is 9.43. The van der Waals surface area contributed by atoms with E-state index in [2.05, 4.69) is 45.5 Å². The number of carbonyl (C=O) groups excluding carboxylic acids is 1. The Labute approximate surface area is 325 Å². The normalized spacial score (nSPS) is 23.3. The van der Waals surface area contributed by atoms with Crippen molar-refractivity contribution in [3.63, 3.8) is 0 Å². The highest BCUT2D eigenvalue weighted by atomic mass is 35.5. The smallest absolute Gasteiger partial charge is 0.410 e. The van der Waals surface area contributed by atoms with Crippen molar-refractivity contribution in [2.45, 2.75) is 65.1 Å². The lowest BCUT2D eigenvalue weighted by molar-refractivity contribution is 0.0270. The first kappa shape index (κ1) is 37.3. The first-order chi connectivity index (χ1) is 26.4. The first-order valence-corrected chi connectivity index (χ1v) is 18.4. The largest absolute Gasteiger partial charge is 0.444 e. The molecule has 0 bridgehead atoms. The van der Waals surface area contributed by atoms with Crippen molar-refractivity contribution < 1.29 is 18.6 Å². The number of carbonyl (C=O) groups is 1. The van der Waals surface area contributed by atoms with Gasteiger partial charge in [-0.3, -0.25) is 18.7 Å². The molecule has 18 nitrogen and oxygen atoms in total. The van der Waals surface area contributed by atoms with Gasteiger partial charge in [-0.25, -0.2) is 24.7 Å². The van der Waals surface area contributed by atoms with Crippen LogP contribution in [0, 0.1) is 37.5 Å². The lowest BCUT2D eigenvalue weighted by Crippen LogP contribution is -2.36. The maximum absolute atomic E-state index is 12.8. The third-order valence-corrected chi connectivity index (χ3v) is 11.0. The van der Waals surface area contributed by atoms with Crippen LogP contribution in [0.3, 0.4) is 0 Å². The summed E-state index contributed by atoms with van der Waals surface area (Å²) in [6, 6.07) is 3.59. The van der Waals surface area contributed by atoms with Crippen molar-refractivity contribution in [2.24, 2.45) is 23.7 Å². The van der Waals surface area contributed by atoms with E-state index in [0.29, 0.717) is 82.4 Å². The maximum atomic E-state index is 12.8. The number of fused-ring (bicyclic) bond motifs is 4. The number of amides is 1.